The highest BCUT2D eigenvalue weighted by Crippen LogP contribution is 2.40. The summed E-state index contributed by atoms with van der Waals surface area (Å²) in [6, 6.07) is -0.508. The van der Waals surface area contributed by atoms with Crippen molar-refractivity contribution in [3.8, 4) is 0 Å². The molecule has 1 aliphatic rings. The molecule has 8 heteroatoms. The largest absolute Gasteiger partial charge is 0.433 e. The summed E-state index contributed by atoms with van der Waals surface area (Å²) in [5.74, 6) is -0.345. The Morgan fingerprint density at radius 2 is 2.14 bits per heavy atom. The maximum Gasteiger partial charge on any atom is 0.433 e. The minimum atomic E-state index is -4.72. The van der Waals surface area contributed by atoms with Crippen molar-refractivity contribution >= 4 is 23.1 Å². The zero-order valence-electron chi connectivity index (χ0n) is 11.2. The first kappa shape index (κ1) is 16.0. The van der Waals surface area contributed by atoms with Crippen molar-refractivity contribution in [2.24, 2.45) is 11.8 Å². The molecule has 3 unspecified atom stereocenters. The van der Waals surface area contributed by atoms with Gasteiger partial charge in [0.25, 0.3) is 5.24 Å². The number of carbonyl (C=O) groups excluding carboxylic acids is 2. The van der Waals surface area contributed by atoms with Gasteiger partial charge in [0.1, 0.15) is 0 Å². The Bertz CT molecular complexity index is 556. The standard InChI is InChI=1S/C13H13ClF3N2O2/c1-7-4-9(3-2-8(7)6-20)19-11(13(15,16)17)10(5-18-19)12(14)21/h5,7-9H,2-4H2,1H3. The van der Waals surface area contributed by atoms with Gasteiger partial charge in [-0.1, -0.05) is 6.92 Å². The van der Waals surface area contributed by atoms with Gasteiger partial charge in [0.05, 0.1) is 17.8 Å². The minimum absolute atomic E-state index is 0.0818. The Labute approximate surface area is 124 Å². The molecule has 0 N–H and O–H groups in total. The van der Waals surface area contributed by atoms with E-state index in [0.29, 0.717) is 19.3 Å². The molecule has 1 aromatic rings. The molecule has 21 heavy (non-hydrogen) atoms. The molecule has 1 aliphatic carbocycles. The van der Waals surface area contributed by atoms with Gasteiger partial charge in [0.2, 0.25) is 6.29 Å². The normalized spacial score (nSPS) is 26.6. The zero-order chi connectivity index (χ0) is 15.8. The van der Waals surface area contributed by atoms with E-state index in [4.69, 9.17) is 11.6 Å². The number of rotatable bonds is 3. The molecule has 0 aromatic carbocycles. The van der Waals surface area contributed by atoms with E-state index >= 15 is 0 Å². The average Bonchev–Trinajstić information content (AvgIpc) is 2.83. The summed E-state index contributed by atoms with van der Waals surface area (Å²) >= 11 is 5.20. The lowest BCUT2D eigenvalue weighted by Crippen LogP contribution is -2.29. The second kappa shape index (κ2) is 5.79. The molecule has 115 valence electrons. The van der Waals surface area contributed by atoms with Crippen LogP contribution in [0, 0.1) is 11.8 Å². The van der Waals surface area contributed by atoms with Crippen molar-refractivity contribution in [3.63, 3.8) is 0 Å². The fourth-order valence-corrected chi connectivity index (χ4v) is 2.97. The Hall–Kier alpha value is -1.37. The van der Waals surface area contributed by atoms with E-state index < -0.39 is 28.7 Å². The third kappa shape index (κ3) is 3.12. The van der Waals surface area contributed by atoms with Crippen molar-refractivity contribution < 1.29 is 22.8 Å². The molecule has 1 fully saturated rings. The van der Waals surface area contributed by atoms with Crippen LogP contribution in [0.1, 0.15) is 48.3 Å². The van der Waals surface area contributed by atoms with E-state index in [1.807, 2.05) is 6.29 Å². The second-order valence-corrected chi connectivity index (χ2v) is 5.63. The van der Waals surface area contributed by atoms with Crippen molar-refractivity contribution in [1.82, 2.24) is 9.78 Å². The van der Waals surface area contributed by atoms with E-state index in [9.17, 15) is 22.8 Å². The molecule has 1 aromatic heterocycles. The van der Waals surface area contributed by atoms with Crippen molar-refractivity contribution in [3.05, 3.63) is 17.5 Å². The molecule has 0 amide bonds. The van der Waals surface area contributed by atoms with Crippen LogP contribution in [0.4, 0.5) is 13.2 Å². The Morgan fingerprint density at radius 3 is 2.62 bits per heavy atom. The Balaban J connectivity index is 2.37. The monoisotopic (exact) mass is 321 g/mol. The molecule has 4 nitrogen and oxygen atoms in total. The van der Waals surface area contributed by atoms with E-state index in [-0.39, 0.29) is 11.8 Å². The van der Waals surface area contributed by atoms with E-state index in [2.05, 4.69) is 5.10 Å². The Kier molecular flexibility index (Phi) is 4.41. The summed E-state index contributed by atoms with van der Waals surface area (Å²) in [5, 5.41) is 2.52. The zero-order valence-corrected chi connectivity index (χ0v) is 11.9. The first-order chi connectivity index (χ1) is 9.75. The molecule has 0 saturated heterocycles. The van der Waals surface area contributed by atoms with Gasteiger partial charge in [-0.2, -0.15) is 18.3 Å². The van der Waals surface area contributed by atoms with E-state index in [0.717, 1.165) is 10.9 Å². The van der Waals surface area contributed by atoms with Gasteiger partial charge in [-0.25, -0.2) is 0 Å². The van der Waals surface area contributed by atoms with Crippen LogP contribution in [0.2, 0.25) is 0 Å². The lowest BCUT2D eigenvalue weighted by Gasteiger charge is -2.32. The summed E-state index contributed by atoms with van der Waals surface area (Å²) in [6.07, 6.45) is -0.740. The highest BCUT2D eigenvalue weighted by molar-refractivity contribution is 6.67. The third-order valence-electron chi connectivity index (χ3n) is 3.91. The van der Waals surface area contributed by atoms with Crippen LogP contribution in [0.15, 0.2) is 6.20 Å². The molecule has 1 radical (unpaired) electrons. The van der Waals surface area contributed by atoms with Gasteiger partial charge in [-0.05, 0) is 36.8 Å². The van der Waals surface area contributed by atoms with Gasteiger partial charge in [-0.3, -0.25) is 14.3 Å². The highest BCUT2D eigenvalue weighted by Gasteiger charge is 2.42. The Morgan fingerprint density at radius 1 is 1.48 bits per heavy atom. The first-order valence-corrected chi connectivity index (χ1v) is 6.85. The maximum absolute atomic E-state index is 13.2. The SMILES string of the molecule is CC1CC(n2ncc(C(=O)Cl)c2C(F)(F)F)CCC1[C]=O. The number of aromatic nitrogens is 2. The van der Waals surface area contributed by atoms with Gasteiger partial charge < -0.3 is 0 Å². The number of hydrogen-bond acceptors (Lipinski definition) is 3. The van der Waals surface area contributed by atoms with Crippen LogP contribution in [0.25, 0.3) is 0 Å². The van der Waals surface area contributed by atoms with Crippen LogP contribution in [0.3, 0.4) is 0 Å². The van der Waals surface area contributed by atoms with Crippen molar-refractivity contribution in [2.45, 2.75) is 38.4 Å². The van der Waals surface area contributed by atoms with Crippen LogP contribution in [-0.2, 0) is 11.0 Å². The maximum atomic E-state index is 13.2. The minimum Gasteiger partial charge on any atom is -0.291 e. The van der Waals surface area contributed by atoms with Gasteiger partial charge in [0, 0.05) is 5.92 Å². The quantitative estimate of drug-likeness (QED) is 0.802. The summed E-state index contributed by atoms with van der Waals surface area (Å²) in [4.78, 5) is 21.9. The molecule has 1 saturated carbocycles. The fourth-order valence-electron chi connectivity index (χ4n) is 2.83. The van der Waals surface area contributed by atoms with E-state index in [1.165, 1.54) is 0 Å². The van der Waals surface area contributed by atoms with E-state index in [1.54, 1.807) is 6.92 Å². The lowest BCUT2D eigenvalue weighted by atomic mass is 9.79. The highest BCUT2D eigenvalue weighted by atomic mass is 35.5. The van der Waals surface area contributed by atoms with Gasteiger partial charge in [0.15, 0.2) is 5.69 Å². The number of halogens is 4. The number of alkyl halides is 3. The van der Waals surface area contributed by atoms with Gasteiger partial charge >= 0.3 is 6.18 Å². The fraction of sp³-hybridized carbons (Fsp3) is 0.615. The summed E-state index contributed by atoms with van der Waals surface area (Å²) in [7, 11) is 0. The predicted molar refractivity (Wildman–Crippen MR) is 68.6 cm³/mol. The first-order valence-electron chi connectivity index (χ1n) is 6.48. The number of nitrogens with zero attached hydrogens (tertiary/aromatic N) is 2. The number of carbonyl (C=O) groups is 1. The predicted octanol–water partition coefficient (Wildman–Crippen LogP) is 3.37. The lowest BCUT2D eigenvalue weighted by molar-refractivity contribution is -0.145. The molecule has 0 aliphatic heterocycles. The second-order valence-electron chi connectivity index (χ2n) is 5.29. The molecule has 0 bridgehead atoms. The van der Waals surface area contributed by atoms with Crippen LogP contribution >= 0.6 is 11.6 Å². The topological polar surface area (TPSA) is 52.0 Å². The van der Waals surface area contributed by atoms with Gasteiger partial charge in [-0.15, -0.1) is 0 Å². The average molecular weight is 322 g/mol. The molecular formula is C13H13ClF3N2O2. The summed E-state index contributed by atoms with van der Waals surface area (Å²) in [6.45, 7) is 1.80. The van der Waals surface area contributed by atoms with Crippen LogP contribution in [0.5, 0.6) is 0 Å². The third-order valence-corrected chi connectivity index (χ3v) is 4.12. The van der Waals surface area contributed by atoms with Crippen LogP contribution in [-0.4, -0.2) is 21.3 Å². The molecular weight excluding hydrogens is 309 g/mol. The summed E-state index contributed by atoms with van der Waals surface area (Å²) in [5.41, 5.74) is -1.76. The molecule has 1 heterocycles. The molecule has 3 atom stereocenters. The van der Waals surface area contributed by atoms with Crippen molar-refractivity contribution in [1.29, 1.82) is 0 Å². The summed E-state index contributed by atoms with van der Waals surface area (Å²) < 4.78 is 40.3. The van der Waals surface area contributed by atoms with Crippen LogP contribution < -0.4 is 0 Å². The molecule has 2 rings (SSSR count). The smallest absolute Gasteiger partial charge is 0.291 e. The molecule has 0 spiro atoms. The van der Waals surface area contributed by atoms with Crippen molar-refractivity contribution in [2.75, 3.05) is 0 Å². The number of hydrogen-bond donors (Lipinski definition) is 0.